The molecule has 0 aliphatic heterocycles. The lowest BCUT2D eigenvalue weighted by atomic mass is 9.96. The first kappa shape index (κ1) is 26.5. The first-order valence-electron chi connectivity index (χ1n) is 10.9. The second kappa shape index (κ2) is 10.5. The van der Waals surface area contributed by atoms with Crippen LogP contribution in [0.15, 0.2) is 41.0 Å². The molecule has 0 saturated heterocycles. The van der Waals surface area contributed by atoms with Crippen LogP contribution in [0.5, 0.6) is 5.88 Å². The highest BCUT2D eigenvalue weighted by Gasteiger charge is 2.28. The fourth-order valence-corrected chi connectivity index (χ4v) is 4.92. The molecule has 2 N–H and O–H groups in total. The Bertz CT molecular complexity index is 1360. The first-order valence-corrected chi connectivity index (χ1v) is 12.9. The summed E-state index contributed by atoms with van der Waals surface area (Å²) in [6, 6.07) is 7.89. The molecule has 4 rings (SSSR count). The van der Waals surface area contributed by atoms with Crippen LogP contribution in [-0.4, -0.2) is 43.1 Å². The maximum absolute atomic E-state index is 13.5. The predicted octanol–water partition coefficient (Wildman–Crippen LogP) is 6.03. The summed E-state index contributed by atoms with van der Waals surface area (Å²) in [7, 11) is 0. The van der Waals surface area contributed by atoms with Gasteiger partial charge in [0.1, 0.15) is 11.8 Å². The monoisotopic (exact) mass is 609 g/mol. The van der Waals surface area contributed by atoms with Gasteiger partial charge in [-0.2, -0.15) is 0 Å². The standard InChI is InChI=1S/C24H22BrCl2N5O3S/c1-24(2,3)30-22(33)15-7-12(26)8-16(25)20(15)29-23(34)18-11-19(35-13-9-14(36)10-13)31-32(18)21-17(27)5-4-6-28-21/h4-8,11,13H,9-10H2,1-3H3,(H,29,34)(H,30,33). The van der Waals surface area contributed by atoms with Gasteiger partial charge in [0.05, 0.1) is 16.3 Å². The van der Waals surface area contributed by atoms with E-state index >= 15 is 0 Å². The first-order chi connectivity index (χ1) is 16.9. The molecular formula is C24H22BrCl2N5O3S. The molecule has 36 heavy (non-hydrogen) atoms. The molecule has 8 nitrogen and oxygen atoms in total. The van der Waals surface area contributed by atoms with Gasteiger partial charge < -0.3 is 15.4 Å². The van der Waals surface area contributed by atoms with Crippen molar-refractivity contribution in [2.75, 3.05) is 5.32 Å². The Kier molecular flexibility index (Phi) is 7.70. The molecule has 3 aromatic rings. The molecule has 0 atom stereocenters. The van der Waals surface area contributed by atoms with Crippen molar-refractivity contribution in [3.8, 4) is 11.7 Å². The third-order valence-electron chi connectivity index (χ3n) is 5.08. The fraction of sp³-hybridized carbons (Fsp3) is 0.292. The maximum atomic E-state index is 13.5. The number of nitrogens with zero attached hydrogens (tertiary/aromatic N) is 3. The van der Waals surface area contributed by atoms with Crippen LogP contribution in [0, 0.1) is 0 Å². The number of halogens is 3. The van der Waals surface area contributed by atoms with E-state index < -0.39 is 17.4 Å². The number of benzene rings is 1. The highest BCUT2D eigenvalue weighted by molar-refractivity contribution is 9.10. The second-order valence-electron chi connectivity index (χ2n) is 9.24. The summed E-state index contributed by atoms with van der Waals surface area (Å²) in [5.41, 5.74) is 0.0470. The summed E-state index contributed by atoms with van der Waals surface area (Å²) in [4.78, 5) is 31.8. The van der Waals surface area contributed by atoms with E-state index in [1.807, 2.05) is 20.8 Å². The fourth-order valence-electron chi connectivity index (χ4n) is 3.44. The Hall–Kier alpha value is -2.53. The number of amides is 2. The summed E-state index contributed by atoms with van der Waals surface area (Å²) in [5.74, 6) is -0.470. The number of ether oxygens (including phenoxy) is 1. The number of hydrogen-bond donors (Lipinski definition) is 2. The van der Waals surface area contributed by atoms with Crippen LogP contribution in [0.4, 0.5) is 5.69 Å². The minimum atomic E-state index is -0.559. The van der Waals surface area contributed by atoms with Crippen LogP contribution in [0.3, 0.4) is 0 Å². The third kappa shape index (κ3) is 6.05. The SMILES string of the molecule is CC(C)(C)NC(=O)c1cc(Cl)cc(Br)c1NC(=O)c1cc(OC2CC(=S)C2)nn1-c1ncccc1Cl. The summed E-state index contributed by atoms with van der Waals surface area (Å²) < 4.78 is 7.64. The zero-order valence-electron chi connectivity index (χ0n) is 19.6. The van der Waals surface area contributed by atoms with Gasteiger partial charge in [-0.15, -0.1) is 5.10 Å². The van der Waals surface area contributed by atoms with Crippen LogP contribution < -0.4 is 15.4 Å². The van der Waals surface area contributed by atoms with Crippen molar-refractivity contribution in [2.45, 2.75) is 45.3 Å². The lowest BCUT2D eigenvalue weighted by Crippen LogP contribution is -2.41. The van der Waals surface area contributed by atoms with Crippen LogP contribution in [0.1, 0.15) is 54.5 Å². The van der Waals surface area contributed by atoms with E-state index in [1.54, 1.807) is 24.4 Å². The van der Waals surface area contributed by atoms with E-state index in [0.717, 1.165) is 4.86 Å². The molecule has 1 saturated carbocycles. The van der Waals surface area contributed by atoms with Crippen LogP contribution in [0.25, 0.3) is 5.82 Å². The number of aromatic nitrogens is 3. The molecule has 2 amide bonds. The molecule has 1 fully saturated rings. The van der Waals surface area contributed by atoms with Gasteiger partial charge >= 0.3 is 0 Å². The minimum absolute atomic E-state index is 0.103. The van der Waals surface area contributed by atoms with Crippen molar-refractivity contribution < 1.29 is 14.3 Å². The van der Waals surface area contributed by atoms with Gasteiger partial charge in [-0.3, -0.25) is 9.59 Å². The van der Waals surface area contributed by atoms with Crippen LogP contribution >= 0.6 is 51.3 Å². The lowest BCUT2D eigenvalue weighted by molar-refractivity contribution is 0.0920. The van der Waals surface area contributed by atoms with Crippen LogP contribution in [-0.2, 0) is 0 Å². The van der Waals surface area contributed by atoms with E-state index in [1.165, 1.54) is 16.8 Å². The molecule has 2 aromatic heterocycles. The van der Waals surface area contributed by atoms with Gasteiger partial charge in [-0.1, -0.05) is 35.4 Å². The number of carbonyl (C=O) groups is 2. The highest BCUT2D eigenvalue weighted by Crippen LogP contribution is 2.32. The third-order valence-corrected chi connectivity index (χ3v) is 6.56. The van der Waals surface area contributed by atoms with Crippen molar-refractivity contribution in [1.29, 1.82) is 0 Å². The average Bonchev–Trinajstić information content (AvgIpc) is 3.17. The summed E-state index contributed by atoms with van der Waals surface area (Å²) in [6.07, 6.45) is 2.74. The lowest BCUT2D eigenvalue weighted by Gasteiger charge is -2.26. The van der Waals surface area contributed by atoms with Crippen molar-refractivity contribution in [2.24, 2.45) is 0 Å². The molecule has 12 heteroatoms. The number of anilines is 1. The molecule has 0 bridgehead atoms. The van der Waals surface area contributed by atoms with E-state index in [9.17, 15) is 9.59 Å². The zero-order valence-corrected chi connectivity index (χ0v) is 23.5. The van der Waals surface area contributed by atoms with Gasteiger partial charge in [-0.05, 0) is 61.0 Å². The number of thiocarbonyl (C=S) groups is 1. The molecular weight excluding hydrogens is 589 g/mol. The predicted molar refractivity (Wildman–Crippen MR) is 147 cm³/mol. The van der Waals surface area contributed by atoms with Gasteiger partial charge in [0, 0.05) is 45.0 Å². The molecule has 0 spiro atoms. The normalized spacial score (nSPS) is 13.8. The van der Waals surface area contributed by atoms with E-state index in [0.29, 0.717) is 27.4 Å². The molecule has 0 unspecified atom stereocenters. The van der Waals surface area contributed by atoms with Gasteiger partial charge in [0.25, 0.3) is 11.8 Å². The highest BCUT2D eigenvalue weighted by atomic mass is 79.9. The van der Waals surface area contributed by atoms with E-state index in [-0.39, 0.29) is 34.7 Å². The largest absolute Gasteiger partial charge is 0.473 e. The molecule has 0 radical (unpaired) electrons. The van der Waals surface area contributed by atoms with Crippen molar-refractivity contribution in [3.63, 3.8) is 0 Å². The smallest absolute Gasteiger partial charge is 0.274 e. The Morgan fingerprint density at radius 3 is 2.56 bits per heavy atom. The topological polar surface area (TPSA) is 98.1 Å². The van der Waals surface area contributed by atoms with Gasteiger partial charge in [-0.25, -0.2) is 9.67 Å². The maximum Gasteiger partial charge on any atom is 0.274 e. The Labute approximate surface area is 231 Å². The minimum Gasteiger partial charge on any atom is -0.473 e. The molecule has 1 aliphatic rings. The molecule has 2 heterocycles. The number of pyridine rings is 1. The number of carbonyl (C=O) groups excluding carboxylic acids is 2. The van der Waals surface area contributed by atoms with E-state index in [4.69, 9.17) is 40.2 Å². The second-order valence-corrected chi connectivity index (χ2v) is 11.5. The Balaban J connectivity index is 1.72. The Morgan fingerprint density at radius 1 is 1.19 bits per heavy atom. The van der Waals surface area contributed by atoms with Gasteiger partial charge in [0.15, 0.2) is 5.82 Å². The molecule has 188 valence electrons. The molecule has 1 aromatic carbocycles. The summed E-state index contributed by atoms with van der Waals surface area (Å²) in [6.45, 7) is 5.57. The number of rotatable bonds is 6. The van der Waals surface area contributed by atoms with E-state index in [2.05, 4.69) is 36.6 Å². The Morgan fingerprint density at radius 2 is 1.92 bits per heavy atom. The number of hydrogen-bond acceptors (Lipinski definition) is 6. The summed E-state index contributed by atoms with van der Waals surface area (Å²) >= 11 is 21.1. The average molecular weight is 611 g/mol. The van der Waals surface area contributed by atoms with Crippen molar-refractivity contribution in [1.82, 2.24) is 20.1 Å². The van der Waals surface area contributed by atoms with Crippen LogP contribution in [0.2, 0.25) is 10.0 Å². The van der Waals surface area contributed by atoms with Gasteiger partial charge in [0.2, 0.25) is 5.88 Å². The number of nitrogens with one attached hydrogen (secondary N) is 2. The molecule has 1 aliphatic carbocycles. The summed E-state index contributed by atoms with van der Waals surface area (Å²) in [5, 5.41) is 10.7. The quantitative estimate of drug-likeness (QED) is 0.331. The van der Waals surface area contributed by atoms with Crippen molar-refractivity contribution >= 4 is 73.7 Å². The van der Waals surface area contributed by atoms with Crippen molar-refractivity contribution in [3.05, 3.63) is 62.3 Å². The zero-order chi connectivity index (χ0) is 26.2.